The first-order valence-corrected chi connectivity index (χ1v) is 9.61. The summed E-state index contributed by atoms with van der Waals surface area (Å²) in [5, 5.41) is 0. The van der Waals surface area contributed by atoms with Crippen molar-refractivity contribution in [1.29, 1.82) is 0 Å². The van der Waals surface area contributed by atoms with Crippen LogP contribution in [0.1, 0.15) is 55.1 Å². The summed E-state index contributed by atoms with van der Waals surface area (Å²) in [5.41, 5.74) is -1.66. The lowest BCUT2D eigenvalue weighted by molar-refractivity contribution is -0.153. The summed E-state index contributed by atoms with van der Waals surface area (Å²) in [5.74, 6) is -5.82. The average molecular weight is 457 g/mol. The maximum Gasteiger partial charge on any atom is 0.449 e. The Kier molecular flexibility index (Phi) is 5.92. The number of carbonyl (C=O) groups excluding carboxylic acids is 2. The minimum Gasteiger partial charge on any atom is -0.459 e. The summed E-state index contributed by atoms with van der Waals surface area (Å²) in [6, 6.07) is 3.34. The van der Waals surface area contributed by atoms with Gasteiger partial charge in [0.2, 0.25) is 5.76 Å². The molecule has 0 N–H and O–H groups in total. The number of hydrogen-bond acceptors (Lipinski definition) is 4. The Morgan fingerprint density at radius 3 is 2.34 bits per heavy atom. The van der Waals surface area contributed by atoms with Crippen LogP contribution in [0.5, 0.6) is 0 Å². The third-order valence-corrected chi connectivity index (χ3v) is 4.83. The van der Waals surface area contributed by atoms with E-state index in [2.05, 4.69) is 0 Å². The Balaban J connectivity index is 2.16. The minimum absolute atomic E-state index is 0.0531. The van der Waals surface area contributed by atoms with E-state index in [0.29, 0.717) is 6.07 Å². The summed E-state index contributed by atoms with van der Waals surface area (Å²) in [4.78, 5) is 26.8. The quantitative estimate of drug-likeness (QED) is 0.464. The molecule has 1 aliphatic rings. The topological polar surface area (TPSA) is 59.8 Å². The zero-order valence-corrected chi connectivity index (χ0v) is 17.6. The van der Waals surface area contributed by atoms with Gasteiger partial charge in [-0.1, -0.05) is 13.8 Å². The lowest BCUT2D eigenvalue weighted by Gasteiger charge is -2.28. The molecule has 1 amide bonds. The number of alkyl halides is 3. The molecule has 0 saturated heterocycles. The monoisotopic (exact) mass is 457 g/mol. The van der Waals surface area contributed by atoms with Crippen molar-refractivity contribution in [3.8, 4) is 0 Å². The predicted octanol–water partition coefficient (Wildman–Crippen LogP) is 5.30. The average Bonchev–Trinajstić information content (AvgIpc) is 3.08. The highest BCUT2D eigenvalue weighted by atomic mass is 19.4. The third kappa shape index (κ3) is 4.53. The van der Waals surface area contributed by atoms with Gasteiger partial charge in [0.05, 0.1) is 6.10 Å². The Morgan fingerprint density at radius 1 is 1.12 bits per heavy atom. The molecule has 32 heavy (non-hydrogen) atoms. The van der Waals surface area contributed by atoms with Crippen LogP contribution in [0.3, 0.4) is 0 Å². The summed E-state index contributed by atoms with van der Waals surface area (Å²) in [7, 11) is 0. The number of hydrogen-bond donors (Lipinski definition) is 0. The van der Waals surface area contributed by atoms with Gasteiger partial charge in [0, 0.05) is 29.3 Å². The van der Waals surface area contributed by atoms with Gasteiger partial charge < -0.3 is 14.1 Å². The van der Waals surface area contributed by atoms with Crippen LogP contribution in [0.25, 0.3) is 5.57 Å². The summed E-state index contributed by atoms with van der Waals surface area (Å²) in [6.07, 6.45) is -4.38. The van der Waals surface area contributed by atoms with Gasteiger partial charge in [0.15, 0.2) is 11.6 Å². The van der Waals surface area contributed by atoms with Gasteiger partial charge >= 0.3 is 12.1 Å². The van der Waals surface area contributed by atoms with E-state index < -0.39 is 52.5 Å². The minimum atomic E-state index is -4.80. The van der Waals surface area contributed by atoms with Crippen LogP contribution in [0.4, 0.5) is 22.0 Å². The Labute approximate surface area is 180 Å². The molecule has 0 aliphatic carbocycles. The van der Waals surface area contributed by atoms with Crippen LogP contribution in [0.2, 0.25) is 0 Å². The number of amides is 1. The number of ether oxygens (including phenoxy) is 1. The molecule has 5 nitrogen and oxygen atoms in total. The predicted molar refractivity (Wildman–Crippen MR) is 103 cm³/mol. The number of benzene rings is 1. The summed E-state index contributed by atoms with van der Waals surface area (Å²) >= 11 is 0. The first-order chi connectivity index (χ1) is 14.7. The maximum absolute atomic E-state index is 13.7. The van der Waals surface area contributed by atoms with Gasteiger partial charge in [0.1, 0.15) is 11.3 Å². The first kappa shape index (κ1) is 23.5. The smallest absolute Gasteiger partial charge is 0.449 e. The van der Waals surface area contributed by atoms with Gasteiger partial charge in [-0.2, -0.15) is 13.2 Å². The molecule has 0 radical (unpaired) electrons. The normalized spacial score (nSPS) is 15.8. The van der Waals surface area contributed by atoms with Crippen LogP contribution in [0.15, 0.2) is 34.9 Å². The second-order valence-electron chi connectivity index (χ2n) is 8.29. The summed E-state index contributed by atoms with van der Waals surface area (Å²) < 4.78 is 77.0. The molecule has 3 rings (SSSR count). The second kappa shape index (κ2) is 8.07. The van der Waals surface area contributed by atoms with Crippen molar-refractivity contribution in [2.45, 2.75) is 45.4 Å². The zero-order valence-electron chi connectivity index (χ0n) is 17.6. The first-order valence-electron chi connectivity index (χ1n) is 9.61. The molecule has 0 unspecified atom stereocenters. The van der Waals surface area contributed by atoms with Gasteiger partial charge in [0.25, 0.3) is 5.91 Å². The molecule has 0 saturated carbocycles. The number of halogens is 5. The van der Waals surface area contributed by atoms with E-state index in [9.17, 15) is 31.5 Å². The van der Waals surface area contributed by atoms with Crippen molar-refractivity contribution in [3.05, 3.63) is 64.7 Å². The number of fused-ring (bicyclic) bond motifs is 1. The molecule has 1 aliphatic heterocycles. The highest BCUT2D eigenvalue weighted by Crippen LogP contribution is 2.42. The van der Waals surface area contributed by atoms with E-state index >= 15 is 0 Å². The largest absolute Gasteiger partial charge is 0.459 e. The Hall–Kier alpha value is -3.17. The van der Waals surface area contributed by atoms with Crippen LogP contribution in [-0.4, -0.2) is 29.4 Å². The summed E-state index contributed by atoms with van der Waals surface area (Å²) in [6.45, 7) is 6.06. The zero-order chi connectivity index (χ0) is 24.0. The van der Waals surface area contributed by atoms with E-state index in [1.165, 1.54) is 0 Å². The third-order valence-electron chi connectivity index (χ3n) is 4.83. The number of carbonyl (C=O) groups is 2. The fraction of sp³-hybridized carbons (Fsp3) is 0.364. The molecule has 0 bridgehead atoms. The van der Waals surface area contributed by atoms with E-state index in [0.717, 1.165) is 29.3 Å². The molecular formula is C22H20F5NO4. The fourth-order valence-corrected chi connectivity index (χ4v) is 3.35. The van der Waals surface area contributed by atoms with Crippen molar-refractivity contribution in [2.24, 2.45) is 0 Å². The Bertz CT molecular complexity index is 1100. The Morgan fingerprint density at radius 2 is 1.78 bits per heavy atom. The molecule has 1 aromatic heterocycles. The van der Waals surface area contributed by atoms with Crippen molar-refractivity contribution in [3.63, 3.8) is 0 Å². The highest BCUT2D eigenvalue weighted by molar-refractivity contribution is 6.17. The van der Waals surface area contributed by atoms with Crippen LogP contribution < -0.4 is 0 Å². The number of esters is 1. The number of furan rings is 1. The lowest BCUT2D eigenvalue weighted by atomic mass is 9.83. The van der Waals surface area contributed by atoms with E-state index in [1.807, 2.05) is 0 Å². The van der Waals surface area contributed by atoms with E-state index in [4.69, 9.17) is 9.15 Å². The molecule has 2 aromatic rings. The molecule has 2 heterocycles. The molecule has 0 spiro atoms. The van der Waals surface area contributed by atoms with Crippen LogP contribution >= 0.6 is 0 Å². The standard InChI is InChI=1S/C22H20F5NO4/c1-11(2)31-20(30)13-9-28(19(29)12-5-6-15(23)16(24)7-12)10-21(3,4)14-8-17(22(25,26)27)32-18(13)14/h5-9,11H,10H2,1-4H3. The molecule has 10 heteroatoms. The fourth-order valence-electron chi connectivity index (χ4n) is 3.35. The molecule has 0 fully saturated rings. The molecule has 172 valence electrons. The SMILES string of the molecule is CC(C)OC(=O)C1=CN(C(=O)c2ccc(F)c(F)c2)CC(C)(C)c2cc(C(F)(F)F)oc21. The molecule has 0 atom stereocenters. The van der Waals surface area contributed by atoms with Gasteiger partial charge in [-0.25, -0.2) is 13.6 Å². The van der Waals surface area contributed by atoms with Crippen LogP contribution in [-0.2, 0) is 21.1 Å². The number of rotatable bonds is 3. The van der Waals surface area contributed by atoms with Gasteiger partial charge in [-0.3, -0.25) is 4.79 Å². The second-order valence-corrected chi connectivity index (χ2v) is 8.29. The number of nitrogens with zero attached hydrogens (tertiary/aromatic N) is 1. The van der Waals surface area contributed by atoms with Gasteiger partial charge in [-0.15, -0.1) is 0 Å². The maximum atomic E-state index is 13.7. The van der Waals surface area contributed by atoms with Gasteiger partial charge in [-0.05, 0) is 38.1 Å². The van der Waals surface area contributed by atoms with E-state index in [1.54, 1.807) is 27.7 Å². The highest BCUT2D eigenvalue weighted by Gasteiger charge is 2.43. The van der Waals surface area contributed by atoms with Crippen LogP contribution in [0, 0.1) is 11.6 Å². The van der Waals surface area contributed by atoms with Crippen molar-refractivity contribution >= 4 is 17.4 Å². The van der Waals surface area contributed by atoms with Crippen molar-refractivity contribution in [1.82, 2.24) is 4.90 Å². The molecular weight excluding hydrogens is 437 g/mol. The lowest BCUT2D eigenvalue weighted by Crippen LogP contribution is -2.37. The molecule has 1 aromatic carbocycles. The van der Waals surface area contributed by atoms with Crippen molar-refractivity contribution in [2.75, 3.05) is 6.54 Å². The van der Waals surface area contributed by atoms with Crippen molar-refractivity contribution < 1.29 is 40.7 Å². The van der Waals surface area contributed by atoms with E-state index in [-0.39, 0.29) is 23.4 Å².